The Balaban J connectivity index is 0.00000696. The Morgan fingerprint density at radius 1 is 1.00 bits per heavy atom. The van der Waals surface area contributed by atoms with Crippen LogP contribution in [0.15, 0.2) is 54.0 Å². The van der Waals surface area contributed by atoms with Gasteiger partial charge in [-0.3, -0.25) is 19.2 Å². The summed E-state index contributed by atoms with van der Waals surface area (Å²) < 4.78 is 5.91. The second-order valence-electron chi connectivity index (χ2n) is 16.6. The fraction of sp³-hybridized carbons (Fsp3) is 0.548. The molecule has 0 bridgehead atoms. The first kappa shape index (κ1) is 44.8. The number of hydrogen-bond donors (Lipinski definition) is 5. The van der Waals surface area contributed by atoms with Crippen molar-refractivity contribution in [3.8, 4) is 10.4 Å². The summed E-state index contributed by atoms with van der Waals surface area (Å²) in [4.78, 5) is 58.7. The van der Waals surface area contributed by atoms with Crippen LogP contribution in [0.1, 0.15) is 88.6 Å². The summed E-state index contributed by atoms with van der Waals surface area (Å²) in [6.07, 6.45) is 2.97. The van der Waals surface area contributed by atoms with Crippen molar-refractivity contribution in [2.45, 2.75) is 123 Å². The number of benzene rings is 2. The number of rotatable bonds is 17. The largest absolute Gasteiger partial charge is 0.391 e. The van der Waals surface area contributed by atoms with Crippen molar-refractivity contribution in [1.29, 1.82) is 0 Å². The number of halogens is 1. The molecule has 5 rings (SSSR count). The van der Waals surface area contributed by atoms with E-state index in [0.717, 1.165) is 46.5 Å². The van der Waals surface area contributed by atoms with Crippen LogP contribution in [0.3, 0.4) is 0 Å². The molecule has 7 N–H and O–H groups in total. The van der Waals surface area contributed by atoms with Crippen LogP contribution in [0.5, 0.6) is 0 Å². The van der Waals surface area contributed by atoms with E-state index in [1.54, 1.807) is 11.3 Å². The molecule has 1 aliphatic carbocycles. The summed E-state index contributed by atoms with van der Waals surface area (Å²) in [6.45, 7) is 10.3. The van der Waals surface area contributed by atoms with E-state index in [2.05, 4.69) is 39.9 Å². The van der Waals surface area contributed by atoms with Gasteiger partial charge in [0.1, 0.15) is 12.1 Å². The molecule has 2 heterocycles. The molecule has 1 saturated heterocycles. The molecule has 0 unspecified atom stereocenters. The summed E-state index contributed by atoms with van der Waals surface area (Å²) in [6, 6.07) is 14.3. The summed E-state index contributed by atoms with van der Waals surface area (Å²) in [5.41, 5.74) is 17.8. The van der Waals surface area contributed by atoms with Gasteiger partial charge in [0.2, 0.25) is 23.6 Å². The zero-order valence-electron chi connectivity index (χ0n) is 33.2. The standard InChI is InChI=1S/C42H58N6O6S.ClH/c1-25-38(55-24-46-25)32-12-10-28(11-13-32)21-45-40(52)35-20-33(49)22-48(35)41(53)39(42(3,4)5)47-37(51)19-31-17-30(18-31)16-27-6-8-29(9-7-27)23-54-26(2)34(43)14-15-36(44)50;/h6-13,24,26,30-31,33-35,39,49H,14-23,43H2,1-5H3,(H2,44,50)(H,45,52)(H,47,51);1H/t26-,30?,31?,33-,34+,35+,39-;/m1./s1. The van der Waals surface area contributed by atoms with Crippen molar-refractivity contribution < 1.29 is 29.0 Å². The predicted octanol–water partition coefficient (Wildman–Crippen LogP) is 4.81. The maximum absolute atomic E-state index is 14.0. The molecule has 1 aliphatic heterocycles. The molecule has 2 aliphatic rings. The van der Waals surface area contributed by atoms with E-state index in [1.807, 2.05) is 64.4 Å². The highest BCUT2D eigenvalue weighted by molar-refractivity contribution is 7.13. The van der Waals surface area contributed by atoms with Gasteiger partial charge in [-0.1, -0.05) is 69.3 Å². The lowest BCUT2D eigenvalue weighted by atomic mass is 9.70. The predicted molar refractivity (Wildman–Crippen MR) is 221 cm³/mol. The smallest absolute Gasteiger partial charge is 0.246 e. The van der Waals surface area contributed by atoms with Gasteiger partial charge in [0.15, 0.2) is 0 Å². The van der Waals surface area contributed by atoms with Crippen molar-refractivity contribution >= 4 is 47.4 Å². The number of ether oxygens (including phenoxy) is 1. The molecule has 56 heavy (non-hydrogen) atoms. The Labute approximate surface area is 340 Å². The number of nitrogens with zero attached hydrogens (tertiary/aromatic N) is 2. The number of likely N-dealkylation sites (tertiary alicyclic amines) is 1. The minimum absolute atomic E-state index is 0. The van der Waals surface area contributed by atoms with Crippen molar-refractivity contribution in [3.63, 3.8) is 0 Å². The number of β-amino-alcohol motifs (C(OH)–C–C–N with tert-alkyl or cyclic N) is 1. The molecule has 3 aromatic rings. The zero-order chi connectivity index (χ0) is 39.9. The topological polar surface area (TPSA) is 190 Å². The third-order valence-electron chi connectivity index (χ3n) is 10.9. The highest BCUT2D eigenvalue weighted by atomic mass is 35.5. The van der Waals surface area contributed by atoms with Gasteiger partial charge in [0, 0.05) is 38.4 Å². The first-order valence-electron chi connectivity index (χ1n) is 19.4. The summed E-state index contributed by atoms with van der Waals surface area (Å²) in [5, 5.41) is 16.5. The molecule has 2 aromatic carbocycles. The van der Waals surface area contributed by atoms with Crippen LogP contribution in [0, 0.1) is 24.2 Å². The molecule has 12 nitrogen and oxygen atoms in total. The highest BCUT2D eigenvalue weighted by Crippen LogP contribution is 2.38. The van der Waals surface area contributed by atoms with E-state index in [1.165, 1.54) is 10.5 Å². The summed E-state index contributed by atoms with van der Waals surface area (Å²) in [5.74, 6) is -0.516. The minimum atomic E-state index is -0.851. The fourth-order valence-electron chi connectivity index (χ4n) is 7.47. The lowest BCUT2D eigenvalue weighted by molar-refractivity contribution is -0.144. The van der Waals surface area contributed by atoms with Crippen molar-refractivity contribution in [1.82, 2.24) is 20.5 Å². The number of amides is 4. The maximum atomic E-state index is 14.0. The number of hydrogen-bond acceptors (Lipinski definition) is 9. The molecular formula is C42H59ClN6O6S. The Bertz CT molecular complexity index is 1770. The van der Waals surface area contributed by atoms with E-state index in [-0.39, 0.29) is 80.0 Å². The average Bonchev–Trinajstić information content (AvgIpc) is 3.74. The highest BCUT2D eigenvalue weighted by Gasteiger charge is 2.44. The number of aryl methyl sites for hydroxylation is 1. The van der Waals surface area contributed by atoms with Gasteiger partial charge in [-0.25, -0.2) is 4.98 Å². The van der Waals surface area contributed by atoms with Crippen LogP contribution in [-0.4, -0.2) is 75.5 Å². The van der Waals surface area contributed by atoms with E-state index < -0.39 is 23.6 Å². The number of aliphatic hydroxyl groups is 1. The quantitative estimate of drug-likeness (QED) is 0.128. The van der Waals surface area contributed by atoms with Gasteiger partial charge in [0.25, 0.3) is 0 Å². The molecule has 2 fully saturated rings. The number of aromatic nitrogens is 1. The fourth-order valence-corrected chi connectivity index (χ4v) is 8.28. The number of aliphatic hydroxyl groups excluding tert-OH is 1. The van der Waals surface area contributed by atoms with E-state index in [0.29, 0.717) is 25.4 Å². The molecule has 306 valence electrons. The van der Waals surface area contributed by atoms with Gasteiger partial charge in [-0.05, 0) is 79.0 Å². The number of nitrogens with two attached hydrogens (primary N) is 2. The number of carbonyl (C=O) groups is 4. The molecule has 1 saturated carbocycles. The average molecular weight is 811 g/mol. The van der Waals surface area contributed by atoms with Crippen LogP contribution in [0.2, 0.25) is 0 Å². The van der Waals surface area contributed by atoms with E-state index >= 15 is 0 Å². The van der Waals surface area contributed by atoms with Gasteiger partial charge >= 0.3 is 0 Å². The Kier molecular flexibility index (Phi) is 16.0. The summed E-state index contributed by atoms with van der Waals surface area (Å²) >= 11 is 1.58. The second-order valence-corrected chi connectivity index (χ2v) is 17.4. The first-order chi connectivity index (χ1) is 26.1. The van der Waals surface area contributed by atoms with Crippen LogP contribution < -0.4 is 22.1 Å². The Morgan fingerprint density at radius 3 is 2.25 bits per heavy atom. The first-order valence-corrected chi connectivity index (χ1v) is 20.2. The van der Waals surface area contributed by atoms with Crippen molar-refractivity contribution in [2.24, 2.45) is 28.7 Å². The van der Waals surface area contributed by atoms with Crippen LogP contribution in [0.4, 0.5) is 0 Å². The van der Waals surface area contributed by atoms with Crippen LogP contribution >= 0.6 is 23.7 Å². The lowest BCUT2D eigenvalue weighted by Crippen LogP contribution is -2.58. The van der Waals surface area contributed by atoms with Gasteiger partial charge < -0.3 is 36.8 Å². The number of nitrogens with one attached hydrogen (secondary N) is 2. The molecule has 1 aromatic heterocycles. The molecule has 5 atom stereocenters. The second kappa shape index (κ2) is 20.0. The molecule has 0 spiro atoms. The Hall–Kier alpha value is -3.88. The van der Waals surface area contributed by atoms with Crippen LogP contribution in [0.25, 0.3) is 10.4 Å². The van der Waals surface area contributed by atoms with Crippen LogP contribution in [-0.2, 0) is 43.5 Å². The maximum Gasteiger partial charge on any atom is 0.246 e. The van der Waals surface area contributed by atoms with Crippen molar-refractivity contribution in [3.05, 3.63) is 76.4 Å². The Morgan fingerprint density at radius 2 is 1.64 bits per heavy atom. The third-order valence-corrected chi connectivity index (χ3v) is 11.9. The van der Waals surface area contributed by atoms with Gasteiger partial charge in [-0.15, -0.1) is 23.7 Å². The third kappa shape index (κ3) is 12.3. The van der Waals surface area contributed by atoms with E-state index in [4.69, 9.17) is 16.2 Å². The molecule has 0 radical (unpaired) electrons. The monoisotopic (exact) mass is 810 g/mol. The number of carbonyl (C=O) groups excluding carboxylic acids is 4. The SMILES string of the molecule is Cc1ncsc1-c1ccc(CNC(=O)[C@@H]2C[C@@H](O)CN2C(=O)[C@@H](NC(=O)CC2CC(Cc3ccc(CO[C@H](C)[C@@H](N)CCC(N)=O)cc3)C2)C(C)(C)C)cc1.Cl. The minimum Gasteiger partial charge on any atom is -0.391 e. The van der Waals surface area contributed by atoms with Crippen molar-refractivity contribution in [2.75, 3.05) is 6.54 Å². The number of primary amides is 1. The number of thiazole rings is 1. The zero-order valence-corrected chi connectivity index (χ0v) is 34.8. The van der Waals surface area contributed by atoms with Gasteiger partial charge in [-0.2, -0.15) is 0 Å². The molecule has 4 amide bonds. The molecule has 14 heteroatoms. The lowest BCUT2D eigenvalue weighted by Gasteiger charge is -2.37. The summed E-state index contributed by atoms with van der Waals surface area (Å²) in [7, 11) is 0. The van der Waals surface area contributed by atoms with E-state index in [9.17, 15) is 24.3 Å². The molecular weight excluding hydrogens is 752 g/mol. The van der Waals surface area contributed by atoms with Gasteiger partial charge in [0.05, 0.1) is 34.9 Å². The normalized spacial score (nSPS) is 20.9.